The molecule has 2 aromatic rings. The highest BCUT2D eigenvalue weighted by Crippen LogP contribution is 2.42. The van der Waals surface area contributed by atoms with E-state index < -0.39 is 34.4 Å². The Balaban J connectivity index is 2.33. The van der Waals surface area contributed by atoms with Crippen molar-refractivity contribution in [3.63, 3.8) is 0 Å². The normalized spacial score (nSPS) is 22.8. The molecule has 3 rings (SSSR count). The van der Waals surface area contributed by atoms with Crippen LogP contribution >= 0.6 is 0 Å². The van der Waals surface area contributed by atoms with Crippen LogP contribution in [-0.4, -0.2) is 52.8 Å². The monoisotopic (exact) mass is 326 g/mol. The predicted octanol–water partition coefficient (Wildman–Crippen LogP) is -2.31. The number of hydrogen-bond donors (Lipinski definition) is 2. The van der Waals surface area contributed by atoms with Crippen molar-refractivity contribution < 1.29 is 9.59 Å². The molecule has 1 aliphatic heterocycles. The highest BCUT2D eigenvalue weighted by atomic mass is 16.2. The van der Waals surface area contributed by atoms with Gasteiger partial charge in [-0.3, -0.25) is 24.3 Å². The van der Waals surface area contributed by atoms with Crippen molar-refractivity contribution in [2.45, 2.75) is 24.0 Å². The molecule has 0 spiro atoms. The molecule has 0 bridgehead atoms. The van der Waals surface area contributed by atoms with Crippen LogP contribution in [0.4, 0.5) is 5.69 Å². The molecule has 1 aromatic heterocycles. The summed E-state index contributed by atoms with van der Waals surface area (Å²) in [6.45, 7) is 1.49. The van der Waals surface area contributed by atoms with Crippen LogP contribution < -0.4 is 22.1 Å². The lowest BCUT2D eigenvalue weighted by Crippen LogP contribution is -2.55. The number of imide groups is 1. The number of nitrogen functional groups attached to an aromatic ring is 1. The summed E-state index contributed by atoms with van der Waals surface area (Å²) in [6, 6.07) is 1.65. The summed E-state index contributed by atoms with van der Waals surface area (Å²) in [5.74, 6) is -2.94. The first-order valence-electron chi connectivity index (χ1n) is 7.32. The molecule has 3 N–H and O–H groups in total. The number of hydrogen-bond acceptors (Lipinski definition) is 5. The molecular formula is C14H10B4N4O3. The van der Waals surface area contributed by atoms with Gasteiger partial charge in [0.15, 0.2) is 0 Å². The number of carbonyl (C=O) groups excluding carboxylic acids is 2. The molecule has 1 aromatic carbocycles. The first-order chi connectivity index (χ1) is 11.6. The Morgan fingerprint density at radius 1 is 1.28 bits per heavy atom. The van der Waals surface area contributed by atoms with Gasteiger partial charge >= 0.3 is 0 Å². The van der Waals surface area contributed by atoms with E-state index >= 15 is 0 Å². The number of benzene rings is 1. The lowest BCUT2D eigenvalue weighted by Gasteiger charge is -2.42. The minimum Gasteiger partial charge on any atom is -0.398 e. The van der Waals surface area contributed by atoms with E-state index in [1.54, 1.807) is 0 Å². The molecule has 11 heteroatoms. The molecule has 7 nitrogen and oxygen atoms in total. The number of piperidine rings is 1. The zero-order valence-corrected chi connectivity index (χ0v) is 13.3. The van der Waals surface area contributed by atoms with E-state index in [0.717, 1.165) is 4.57 Å². The molecule has 1 aliphatic rings. The van der Waals surface area contributed by atoms with Crippen LogP contribution in [0.5, 0.6) is 0 Å². The Morgan fingerprint density at radius 3 is 2.56 bits per heavy atom. The van der Waals surface area contributed by atoms with E-state index in [4.69, 9.17) is 37.1 Å². The highest BCUT2D eigenvalue weighted by Gasteiger charge is 2.47. The van der Waals surface area contributed by atoms with Gasteiger partial charge in [-0.1, -0.05) is 11.5 Å². The molecule has 2 atom stereocenters. The number of nitrogens with zero attached hydrogens (tertiary/aromatic N) is 2. The molecule has 1 fully saturated rings. The highest BCUT2D eigenvalue weighted by molar-refractivity contribution is 6.55. The number of anilines is 1. The van der Waals surface area contributed by atoms with Crippen molar-refractivity contribution in [3.05, 3.63) is 28.3 Å². The third kappa shape index (κ3) is 2.41. The van der Waals surface area contributed by atoms with Crippen LogP contribution in [-0.2, 0) is 9.59 Å². The summed E-state index contributed by atoms with van der Waals surface area (Å²) in [5.41, 5.74) is 5.86. The second-order valence-corrected chi connectivity index (χ2v) is 6.02. The summed E-state index contributed by atoms with van der Waals surface area (Å²) in [4.78, 5) is 41.4. The van der Waals surface area contributed by atoms with Gasteiger partial charge in [-0.05, 0) is 24.0 Å². The van der Waals surface area contributed by atoms with Crippen LogP contribution in [0.3, 0.4) is 0 Å². The topological polar surface area (TPSA) is 107 Å². The zero-order chi connectivity index (χ0) is 18.7. The maximum atomic E-state index is 13.0. The Bertz CT molecular complexity index is 988. The number of carbonyl (C=O) groups is 2. The van der Waals surface area contributed by atoms with Gasteiger partial charge in [-0.2, -0.15) is 0 Å². The first-order valence-corrected chi connectivity index (χ1v) is 7.32. The van der Waals surface area contributed by atoms with Gasteiger partial charge in [-0.25, -0.2) is 4.98 Å². The first kappa shape index (κ1) is 17.4. The van der Waals surface area contributed by atoms with E-state index in [9.17, 15) is 14.4 Å². The fourth-order valence-electron chi connectivity index (χ4n) is 2.93. The van der Waals surface area contributed by atoms with Crippen LogP contribution in [0.15, 0.2) is 16.9 Å². The summed E-state index contributed by atoms with van der Waals surface area (Å²) in [6.07, 6.45) is 0. The number of amides is 2. The average Bonchev–Trinajstić information content (AvgIpc) is 2.52. The lowest BCUT2D eigenvalue weighted by atomic mass is 9.40. The third-order valence-corrected chi connectivity index (χ3v) is 4.36. The van der Waals surface area contributed by atoms with E-state index in [-0.39, 0.29) is 27.9 Å². The Kier molecular flexibility index (Phi) is 3.85. The SMILES string of the molecule is [B]c1ccc(N)c2c(=O)n(C3C(=O)NC(=O)C([B])([B])C3[B])c(C)nc12. The molecule has 2 amide bonds. The van der Waals surface area contributed by atoms with E-state index in [1.165, 1.54) is 19.1 Å². The lowest BCUT2D eigenvalue weighted by molar-refractivity contribution is -0.136. The number of aryl methyl sites for hydroxylation is 1. The largest absolute Gasteiger partial charge is 0.398 e. The van der Waals surface area contributed by atoms with Crippen LogP contribution in [0.2, 0.25) is 11.0 Å². The molecule has 2 heterocycles. The van der Waals surface area contributed by atoms with Gasteiger partial charge in [0, 0.05) is 5.69 Å². The third-order valence-electron chi connectivity index (χ3n) is 4.36. The van der Waals surface area contributed by atoms with Gasteiger partial charge < -0.3 is 5.73 Å². The number of fused-ring (bicyclic) bond motifs is 1. The summed E-state index contributed by atoms with van der Waals surface area (Å²) < 4.78 is 1.03. The summed E-state index contributed by atoms with van der Waals surface area (Å²) >= 11 is 0. The smallest absolute Gasteiger partial charge is 0.264 e. The minimum atomic E-state index is -2.04. The van der Waals surface area contributed by atoms with E-state index in [2.05, 4.69) is 4.98 Å². The fraction of sp³-hybridized carbons (Fsp3) is 0.286. The van der Waals surface area contributed by atoms with Gasteiger partial charge in [0.2, 0.25) is 11.8 Å². The van der Waals surface area contributed by atoms with Crippen molar-refractivity contribution in [3.8, 4) is 0 Å². The maximum Gasteiger partial charge on any atom is 0.264 e. The Labute approximate surface area is 148 Å². The Hall–Kier alpha value is -2.44. The summed E-state index contributed by atoms with van der Waals surface area (Å²) in [7, 11) is 23.3. The number of aromatic nitrogens is 2. The van der Waals surface area contributed by atoms with E-state index in [0.29, 0.717) is 0 Å². The van der Waals surface area contributed by atoms with E-state index in [1.807, 2.05) is 5.32 Å². The van der Waals surface area contributed by atoms with Crippen molar-refractivity contribution >= 4 is 65.3 Å². The molecule has 116 valence electrons. The number of rotatable bonds is 1. The summed E-state index contributed by atoms with van der Waals surface area (Å²) in [5, 5.41) is 0.0284. The van der Waals surface area contributed by atoms with Crippen molar-refractivity contribution in [2.75, 3.05) is 5.73 Å². The molecular weight excluding hydrogens is 315 g/mol. The molecule has 1 saturated heterocycles. The van der Waals surface area contributed by atoms with Crippen LogP contribution in [0.25, 0.3) is 10.9 Å². The molecule has 0 saturated carbocycles. The molecule has 0 aliphatic carbocycles. The zero-order valence-electron chi connectivity index (χ0n) is 13.3. The average molecular weight is 326 g/mol. The quantitative estimate of drug-likeness (QED) is 0.348. The Morgan fingerprint density at radius 2 is 1.92 bits per heavy atom. The fourth-order valence-corrected chi connectivity index (χ4v) is 2.93. The maximum absolute atomic E-state index is 13.0. The predicted molar refractivity (Wildman–Crippen MR) is 96.4 cm³/mol. The van der Waals surface area contributed by atoms with Crippen LogP contribution in [0, 0.1) is 6.92 Å². The second-order valence-electron chi connectivity index (χ2n) is 6.02. The minimum absolute atomic E-state index is 0.0437. The van der Waals surface area contributed by atoms with Crippen LogP contribution in [0.1, 0.15) is 11.9 Å². The second kappa shape index (κ2) is 5.54. The van der Waals surface area contributed by atoms with Gasteiger partial charge in [0.25, 0.3) is 5.56 Å². The molecule has 25 heavy (non-hydrogen) atoms. The van der Waals surface area contributed by atoms with Gasteiger partial charge in [0.1, 0.15) is 19.7 Å². The van der Waals surface area contributed by atoms with Gasteiger partial charge in [-0.15, -0.1) is 0 Å². The van der Waals surface area contributed by atoms with Crippen molar-refractivity contribution in [2.24, 2.45) is 0 Å². The van der Waals surface area contributed by atoms with Crippen molar-refractivity contribution in [1.29, 1.82) is 0 Å². The molecule has 8 radical (unpaired) electrons. The standard InChI is InChI=1S/C14H10B4N4O3/c1-4-20-8-5(15)2-3-6(19)7(8)12(24)22(4)9-10(16)14(17,18)13(25)21-11(9)23/h2-3,9-10H,19H2,1H3,(H,21,23,25). The molecule has 2 unspecified atom stereocenters. The number of nitrogens with two attached hydrogens (primary N) is 1. The van der Waals surface area contributed by atoms with Crippen molar-refractivity contribution in [1.82, 2.24) is 14.9 Å². The van der Waals surface area contributed by atoms with Gasteiger partial charge in [0.05, 0.1) is 34.4 Å². The number of nitrogens with one attached hydrogen (secondary N) is 1.